The fourth-order valence-electron chi connectivity index (χ4n) is 3.79. The second-order valence-electron chi connectivity index (χ2n) is 6.04. The molecule has 1 aliphatic carbocycles. The number of aryl methyl sites for hydroxylation is 1. The van der Waals surface area contributed by atoms with Crippen molar-refractivity contribution < 1.29 is 0 Å². The molecule has 1 fully saturated rings. The third-order valence-corrected chi connectivity index (χ3v) is 5.05. The molecule has 2 aromatic carbocycles. The summed E-state index contributed by atoms with van der Waals surface area (Å²) in [5, 5.41) is 0.861. The van der Waals surface area contributed by atoms with E-state index in [9.17, 15) is 0 Å². The Morgan fingerprint density at radius 1 is 1.05 bits per heavy atom. The van der Waals surface area contributed by atoms with E-state index in [0.29, 0.717) is 6.04 Å². The molecule has 2 heteroatoms. The van der Waals surface area contributed by atoms with Crippen LogP contribution in [-0.2, 0) is 0 Å². The summed E-state index contributed by atoms with van der Waals surface area (Å²) in [5.41, 5.74) is 5.62. The Bertz CT molecular complexity index is 647. The molecule has 102 valence electrons. The second-order valence-corrected chi connectivity index (χ2v) is 6.48. The number of benzene rings is 2. The molecule has 1 aliphatic heterocycles. The third-order valence-electron chi connectivity index (χ3n) is 4.82. The zero-order valence-electron chi connectivity index (χ0n) is 11.6. The normalized spacial score (nSPS) is 23.8. The zero-order valence-corrected chi connectivity index (χ0v) is 12.4. The highest BCUT2D eigenvalue weighted by Gasteiger charge is 2.38. The summed E-state index contributed by atoms with van der Waals surface area (Å²) in [6.45, 7) is 3.28. The van der Waals surface area contributed by atoms with E-state index in [2.05, 4.69) is 48.2 Å². The number of hydrogen-bond acceptors (Lipinski definition) is 1. The van der Waals surface area contributed by atoms with E-state index in [-0.39, 0.29) is 0 Å². The lowest BCUT2D eigenvalue weighted by Crippen LogP contribution is -2.32. The van der Waals surface area contributed by atoms with Crippen LogP contribution in [0, 0.1) is 6.92 Å². The molecule has 0 aromatic heterocycles. The van der Waals surface area contributed by atoms with Crippen molar-refractivity contribution in [3.05, 3.63) is 64.2 Å². The van der Waals surface area contributed by atoms with Crippen molar-refractivity contribution in [3.8, 4) is 0 Å². The molecule has 2 atom stereocenters. The van der Waals surface area contributed by atoms with Crippen molar-refractivity contribution in [2.75, 3.05) is 11.4 Å². The Labute approximate surface area is 125 Å². The smallest absolute Gasteiger partial charge is 0.0551 e. The molecule has 0 saturated carbocycles. The summed E-state index contributed by atoms with van der Waals surface area (Å²) < 4.78 is 0. The van der Waals surface area contributed by atoms with E-state index >= 15 is 0 Å². The van der Waals surface area contributed by atoms with Crippen molar-refractivity contribution in [3.63, 3.8) is 0 Å². The first kappa shape index (κ1) is 12.3. The average molecular weight is 284 g/mol. The number of fused-ring (bicyclic) bond motifs is 5. The summed E-state index contributed by atoms with van der Waals surface area (Å²) in [6, 6.07) is 15.9. The SMILES string of the molecule is Cc1ccc(N2CC[C@@H]3C[C@@H]2c2cc(Cl)ccc23)cc1. The first-order chi connectivity index (χ1) is 9.72. The summed E-state index contributed by atoms with van der Waals surface area (Å²) in [7, 11) is 0. The van der Waals surface area contributed by atoms with Crippen LogP contribution < -0.4 is 4.90 Å². The topological polar surface area (TPSA) is 3.24 Å². The maximum absolute atomic E-state index is 6.21. The predicted octanol–water partition coefficient (Wildman–Crippen LogP) is 5.09. The van der Waals surface area contributed by atoms with Crippen LogP contribution in [-0.4, -0.2) is 6.54 Å². The minimum atomic E-state index is 0.505. The molecule has 0 N–H and O–H groups in total. The van der Waals surface area contributed by atoms with Crippen LogP contribution in [0.4, 0.5) is 5.69 Å². The summed E-state index contributed by atoms with van der Waals surface area (Å²) in [4.78, 5) is 2.55. The monoisotopic (exact) mass is 283 g/mol. The Morgan fingerprint density at radius 2 is 1.85 bits per heavy atom. The number of nitrogens with zero attached hydrogens (tertiary/aromatic N) is 1. The van der Waals surface area contributed by atoms with Gasteiger partial charge in [0.15, 0.2) is 0 Å². The number of piperidine rings is 1. The zero-order chi connectivity index (χ0) is 13.7. The molecule has 0 radical (unpaired) electrons. The van der Waals surface area contributed by atoms with Gasteiger partial charge in [0, 0.05) is 17.3 Å². The summed E-state index contributed by atoms with van der Waals surface area (Å²) in [6.07, 6.45) is 2.49. The van der Waals surface area contributed by atoms with E-state index in [4.69, 9.17) is 11.6 Å². The molecule has 0 amide bonds. The molecule has 20 heavy (non-hydrogen) atoms. The van der Waals surface area contributed by atoms with E-state index in [1.165, 1.54) is 35.2 Å². The highest BCUT2D eigenvalue weighted by atomic mass is 35.5. The Kier molecular flexibility index (Phi) is 2.78. The number of rotatable bonds is 1. The fraction of sp³-hybridized carbons (Fsp3) is 0.333. The Hall–Kier alpha value is -1.47. The Morgan fingerprint density at radius 3 is 2.65 bits per heavy atom. The third kappa shape index (κ3) is 1.84. The lowest BCUT2D eigenvalue weighted by Gasteiger charge is -2.35. The lowest BCUT2D eigenvalue weighted by atomic mass is 9.95. The standard InChI is InChI=1S/C18H18ClN/c1-12-2-5-15(6-3-12)20-9-8-13-10-18(20)17-11-14(19)4-7-16(13)17/h2-7,11,13,18H,8-10H2,1H3/t13-,18-/m1/s1. The van der Waals surface area contributed by atoms with Crippen molar-refractivity contribution in [2.45, 2.75) is 31.7 Å². The van der Waals surface area contributed by atoms with Crippen LogP contribution >= 0.6 is 11.6 Å². The lowest BCUT2D eigenvalue weighted by molar-refractivity contribution is 0.465. The van der Waals surface area contributed by atoms with Gasteiger partial charge in [0.25, 0.3) is 0 Å². The maximum Gasteiger partial charge on any atom is 0.0551 e. The quantitative estimate of drug-likeness (QED) is 0.705. The first-order valence-electron chi connectivity index (χ1n) is 7.35. The van der Waals surface area contributed by atoms with Gasteiger partial charge < -0.3 is 4.90 Å². The van der Waals surface area contributed by atoms with Crippen molar-refractivity contribution in [1.82, 2.24) is 0 Å². The van der Waals surface area contributed by atoms with Gasteiger partial charge in [0.2, 0.25) is 0 Å². The number of anilines is 1. The molecule has 1 nitrogen and oxygen atoms in total. The van der Waals surface area contributed by atoms with E-state index < -0.39 is 0 Å². The van der Waals surface area contributed by atoms with Gasteiger partial charge in [-0.1, -0.05) is 35.4 Å². The van der Waals surface area contributed by atoms with Gasteiger partial charge in [-0.3, -0.25) is 0 Å². The van der Waals surface area contributed by atoms with Crippen LogP contribution in [0.3, 0.4) is 0 Å². The molecule has 0 unspecified atom stereocenters. The molecule has 2 bridgehead atoms. The highest BCUT2D eigenvalue weighted by molar-refractivity contribution is 6.30. The predicted molar refractivity (Wildman–Crippen MR) is 84.7 cm³/mol. The first-order valence-corrected chi connectivity index (χ1v) is 7.73. The molecular formula is C18H18ClN. The van der Waals surface area contributed by atoms with Crippen LogP contribution in [0.25, 0.3) is 0 Å². The van der Waals surface area contributed by atoms with Gasteiger partial charge in [-0.15, -0.1) is 0 Å². The molecular weight excluding hydrogens is 266 g/mol. The fourth-order valence-corrected chi connectivity index (χ4v) is 3.97. The van der Waals surface area contributed by atoms with Crippen molar-refractivity contribution in [1.29, 1.82) is 0 Å². The largest absolute Gasteiger partial charge is 0.364 e. The van der Waals surface area contributed by atoms with Crippen LogP contribution in [0.1, 0.15) is 41.5 Å². The molecule has 1 heterocycles. The highest BCUT2D eigenvalue weighted by Crippen LogP contribution is 2.50. The molecule has 1 saturated heterocycles. The minimum absolute atomic E-state index is 0.505. The summed E-state index contributed by atoms with van der Waals surface area (Å²) in [5.74, 6) is 0.731. The average Bonchev–Trinajstić information content (AvgIpc) is 2.73. The van der Waals surface area contributed by atoms with Gasteiger partial charge in [0.1, 0.15) is 0 Å². The van der Waals surface area contributed by atoms with E-state index in [1.807, 2.05) is 6.07 Å². The van der Waals surface area contributed by atoms with E-state index in [1.54, 1.807) is 0 Å². The maximum atomic E-state index is 6.21. The number of hydrogen-bond donors (Lipinski definition) is 0. The summed E-state index contributed by atoms with van der Waals surface area (Å²) >= 11 is 6.21. The minimum Gasteiger partial charge on any atom is -0.364 e. The molecule has 0 spiro atoms. The number of halogens is 1. The molecule has 2 aromatic rings. The van der Waals surface area contributed by atoms with Gasteiger partial charge in [0.05, 0.1) is 6.04 Å². The van der Waals surface area contributed by atoms with Crippen molar-refractivity contribution in [2.24, 2.45) is 0 Å². The molecule has 4 rings (SSSR count). The van der Waals surface area contributed by atoms with E-state index in [0.717, 1.165) is 17.5 Å². The van der Waals surface area contributed by atoms with Gasteiger partial charge >= 0.3 is 0 Å². The van der Waals surface area contributed by atoms with Crippen LogP contribution in [0.2, 0.25) is 5.02 Å². The Balaban J connectivity index is 1.76. The van der Waals surface area contributed by atoms with Gasteiger partial charge in [-0.05, 0) is 61.1 Å². The van der Waals surface area contributed by atoms with Gasteiger partial charge in [-0.2, -0.15) is 0 Å². The van der Waals surface area contributed by atoms with Crippen molar-refractivity contribution >= 4 is 17.3 Å². The molecule has 2 aliphatic rings. The van der Waals surface area contributed by atoms with Crippen LogP contribution in [0.15, 0.2) is 42.5 Å². The van der Waals surface area contributed by atoms with Crippen LogP contribution in [0.5, 0.6) is 0 Å². The second kappa shape index (κ2) is 4.53. The van der Waals surface area contributed by atoms with Gasteiger partial charge in [-0.25, -0.2) is 0 Å².